The molecule has 0 radical (unpaired) electrons. The minimum atomic E-state index is -0.336. The molecule has 33 heavy (non-hydrogen) atoms. The van der Waals surface area contributed by atoms with E-state index < -0.39 is 0 Å². The summed E-state index contributed by atoms with van der Waals surface area (Å²) in [6.07, 6.45) is 3.07. The van der Waals surface area contributed by atoms with Gasteiger partial charge in [-0.3, -0.25) is 14.7 Å². The minimum Gasteiger partial charge on any atom is -0.375 e. The zero-order valence-electron chi connectivity index (χ0n) is 17.7. The van der Waals surface area contributed by atoms with E-state index in [9.17, 15) is 9.59 Å². The van der Waals surface area contributed by atoms with E-state index in [1.165, 1.54) is 4.90 Å². The first kappa shape index (κ1) is 22.6. The van der Waals surface area contributed by atoms with Crippen molar-refractivity contribution in [2.75, 3.05) is 32.8 Å². The van der Waals surface area contributed by atoms with E-state index in [2.05, 4.69) is 15.6 Å². The van der Waals surface area contributed by atoms with Gasteiger partial charge in [0.2, 0.25) is 5.91 Å². The van der Waals surface area contributed by atoms with Crippen LogP contribution in [0.5, 0.6) is 0 Å². The Morgan fingerprint density at radius 3 is 2.85 bits per heavy atom. The molecule has 0 unspecified atom stereocenters. The van der Waals surface area contributed by atoms with Crippen molar-refractivity contribution < 1.29 is 14.3 Å². The van der Waals surface area contributed by atoms with Gasteiger partial charge >= 0.3 is 6.03 Å². The molecule has 2 aromatic heterocycles. The van der Waals surface area contributed by atoms with E-state index >= 15 is 0 Å². The summed E-state index contributed by atoms with van der Waals surface area (Å²) in [5, 5.41) is 7.10. The zero-order valence-corrected chi connectivity index (χ0v) is 20.0. The Hall–Kier alpha value is -2.23. The number of nitrogens with one attached hydrogen (secondary N) is 2. The SMILES string of the molecule is O=C1CNC(=O)N1CCc1cc2nccc(-c3cc(Cl)cc(Cl)c3C[C@H]3CNCCO3)c2s1. The first-order valence-corrected chi connectivity index (χ1v) is 12.3. The Morgan fingerprint density at radius 1 is 1.21 bits per heavy atom. The third kappa shape index (κ3) is 4.72. The van der Waals surface area contributed by atoms with Crippen LogP contribution in [0.25, 0.3) is 21.3 Å². The average Bonchev–Trinajstić information content (AvgIpc) is 3.37. The lowest BCUT2D eigenvalue weighted by atomic mass is 9.95. The Bertz CT molecular complexity index is 1210. The molecule has 0 bridgehead atoms. The molecule has 10 heteroatoms. The van der Waals surface area contributed by atoms with Gasteiger partial charge in [-0.15, -0.1) is 11.3 Å². The number of hydrogen-bond donors (Lipinski definition) is 2. The number of fused-ring (bicyclic) bond motifs is 1. The molecule has 3 aromatic rings. The number of rotatable bonds is 6. The van der Waals surface area contributed by atoms with Crippen LogP contribution in [-0.4, -0.2) is 60.7 Å². The molecular weight excluding hydrogens is 483 g/mol. The van der Waals surface area contributed by atoms with Crippen molar-refractivity contribution in [1.82, 2.24) is 20.5 Å². The molecule has 2 saturated heterocycles. The van der Waals surface area contributed by atoms with Crippen LogP contribution in [0.15, 0.2) is 30.5 Å². The van der Waals surface area contributed by atoms with Crippen LogP contribution in [0, 0.1) is 0 Å². The summed E-state index contributed by atoms with van der Waals surface area (Å²) in [5.41, 5.74) is 3.84. The fourth-order valence-electron chi connectivity index (χ4n) is 4.26. The normalized spacial score (nSPS) is 18.8. The molecule has 2 aliphatic heterocycles. The fraction of sp³-hybridized carbons (Fsp3) is 0.348. The highest BCUT2D eigenvalue weighted by Crippen LogP contribution is 2.39. The van der Waals surface area contributed by atoms with E-state index in [0.717, 1.165) is 44.9 Å². The third-order valence-corrected chi connectivity index (χ3v) is 7.64. The molecule has 0 aliphatic carbocycles. The Labute approximate surface area is 205 Å². The van der Waals surface area contributed by atoms with Gasteiger partial charge in [0.15, 0.2) is 0 Å². The molecular formula is C23H22Cl2N4O3S. The number of aromatic nitrogens is 1. The van der Waals surface area contributed by atoms with Crippen molar-refractivity contribution in [3.05, 3.63) is 50.9 Å². The Morgan fingerprint density at radius 2 is 2.09 bits per heavy atom. The second kappa shape index (κ2) is 9.56. The van der Waals surface area contributed by atoms with Crippen molar-refractivity contribution in [3.63, 3.8) is 0 Å². The van der Waals surface area contributed by atoms with Crippen molar-refractivity contribution in [2.45, 2.75) is 18.9 Å². The van der Waals surface area contributed by atoms with Gasteiger partial charge < -0.3 is 15.4 Å². The number of carbonyl (C=O) groups excluding carboxylic acids is 2. The number of ether oxygens (including phenoxy) is 1. The number of amides is 3. The van der Waals surface area contributed by atoms with E-state index in [1.807, 2.05) is 18.2 Å². The highest BCUT2D eigenvalue weighted by atomic mass is 35.5. The predicted octanol–water partition coefficient (Wildman–Crippen LogP) is 3.90. The van der Waals surface area contributed by atoms with E-state index in [4.69, 9.17) is 27.9 Å². The number of hydrogen-bond acceptors (Lipinski definition) is 6. The maximum absolute atomic E-state index is 11.9. The molecule has 2 aliphatic rings. The highest BCUT2D eigenvalue weighted by Gasteiger charge is 2.28. The largest absolute Gasteiger partial charge is 0.375 e. The molecule has 4 heterocycles. The van der Waals surface area contributed by atoms with Gasteiger partial charge in [-0.25, -0.2) is 4.79 Å². The molecule has 3 amide bonds. The zero-order chi connectivity index (χ0) is 22.9. The monoisotopic (exact) mass is 504 g/mol. The predicted molar refractivity (Wildman–Crippen MR) is 130 cm³/mol. The van der Waals surface area contributed by atoms with Crippen LogP contribution in [0.3, 0.4) is 0 Å². The van der Waals surface area contributed by atoms with E-state index in [-0.39, 0.29) is 24.6 Å². The summed E-state index contributed by atoms with van der Waals surface area (Å²) >= 11 is 14.7. The van der Waals surface area contributed by atoms with Crippen LogP contribution >= 0.6 is 34.5 Å². The fourth-order valence-corrected chi connectivity index (χ4v) is 5.96. The van der Waals surface area contributed by atoms with E-state index in [0.29, 0.717) is 36.0 Å². The van der Waals surface area contributed by atoms with Crippen molar-refractivity contribution in [1.29, 1.82) is 0 Å². The van der Waals surface area contributed by atoms with Crippen LogP contribution in [-0.2, 0) is 22.4 Å². The summed E-state index contributed by atoms with van der Waals surface area (Å²) in [6.45, 7) is 2.71. The Balaban J connectivity index is 1.48. The Kier molecular flexibility index (Phi) is 6.53. The van der Waals surface area contributed by atoms with Gasteiger partial charge in [0, 0.05) is 59.2 Å². The summed E-state index contributed by atoms with van der Waals surface area (Å²) in [7, 11) is 0. The second-order valence-electron chi connectivity index (χ2n) is 8.05. The quantitative estimate of drug-likeness (QED) is 0.497. The molecule has 2 fully saturated rings. The van der Waals surface area contributed by atoms with Crippen molar-refractivity contribution >= 4 is 56.7 Å². The van der Waals surface area contributed by atoms with Crippen LogP contribution < -0.4 is 10.6 Å². The summed E-state index contributed by atoms with van der Waals surface area (Å²) in [6, 6.07) is 7.38. The number of thiophene rings is 1. The number of imide groups is 1. The summed E-state index contributed by atoms with van der Waals surface area (Å²) in [5.74, 6) is -0.197. The number of urea groups is 1. The lowest BCUT2D eigenvalue weighted by molar-refractivity contribution is -0.124. The number of carbonyl (C=O) groups is 2. The van der Waals surface area contributed by atoms with Gasteiger partial charge in [0.05, 0.1) is 29.5 Å². The van der Waals surface area contributed by atoms with E-state index in [1.54, 1.807) is 23.6 Å². The third-order valence-electron chi connectivity index (χ3n) is 5.87. The highest BCUT2D eigenvalue weighted by molar-refractivity contribution is 7.19. The second-order valence-corrected chi connectivity index (χ2v) is 10.0. The molecule has 7 nitrogen and oxygen atoms in total. The number of morpholine rings is 1. The molecule has 1 aromatic carbocycles. The number of benzene rings is 1. The molecule has 2 N–H and O–H groups in total. The molecule has 172 valence electrons. The number of nitrogens with zero attached hydrogens (tertiary/aromatic N) is 2. The average molecular weight is 505 g/mol. The topological polar surface area (TPSA) is 83.6 Å². The van der Waals surface area contributed by atoms with Crippen molar-refractivity contribution in [2.24, 2.45) is 0 Å². The maximum Gasteiger partial charge on any atom is 0.324 e. The van der Waals surface area contributed by atoms with Crippen molar-refractivity contribution in [3.8, 4) is 11.1 Å². The lowest BCUT2D eigenvalue weighted by Gasteiger charge is -2.25. The molecule has 5 rings (SSSR count). The number of pyridine rings is 1. The summed E-state index contributed by atoms with van der Waals surface area (Å²) < 4.78 is 6.94. The maximum atomic E-state index is 11.9. The minimum absolute atomic E-state index is 0.0385. The van der Waals surface area contributed by atoms with Gasteiger partial charge in [-0.05, 0) is 35.4 Å². The van der Waals surface area contributed by atoms with Crippen LogP contribution in [0.4, 0.5) is 4.79 Å². The standard InChI is InChI=1S/C23H22Cl2N4O3S/c24-13-7-17(18(19(25)8-13)9-14-11-26-4-6-32-14)16-1-3-27-20-10-15(33-22(16)20)2-5-29-21(30)12-28-23(29)31/h1,3,7-8,10,14,26H,2,4-6,9,11-12H2,(H,28,31)/t14-/m0/s1. The first-order chi connectivity index (χ1) is 16.0. The lowest BCUT2D eigenvalue weighted by Crippen LogP contribution is -2.39. The van der Waals surface area contributed by atoms with Gasteiger partial charge in [0.1, 0.15) is 0 Å². The van der Waals surface area contributed by atoms with Crippen LogP contribution in [0.1, 0.15) is 10.4 Å². The number of halogens is 2. The molecule has 1 atom stereocenters. The molecule has 0 saturated carbocycles. The smallest absolute Gasteiger partial charge is 0.324 e. The van der Waals surface area contributed by atoms with Gasteiger partial charge in [-0.2, -0.15) is 0 Å². The van der Waals surface area contributed by atoms with Crippen LogP contribution in [0.2, 0.25) is 10.0 Å². The van der Waals surface area contributed by atoms with Gasteiger partial charge in [0.25, 0.3) is 0 Å². The summed E-state index contributed by atoms with van der Waals surface area (Å²) in [4.78, 5) is 30.5. The first-order valence-electron chi connectivity index (χ1n) is 10.8. The molecule has 0 spiro atoms. The van der Waals surface area contributed by atoms with Gasteiger partial charge in [-0.1, -0.05) is 23.2 Å².